The lowest BCUT2D eigenvalue weighted by molar-refractivity contribution is 0.316. The van der Waals surface area contributed by atoms with Crippen molar-refractivity contribution in [3.63, 3.8) is 0 Å². The van der Waals surface area contributed by atoms with Gasteiger partial charge in [-0.2, -0.15) is 0 Å². The van der Waals surface area contributed by atoms with E-state index in [2.05, 4.69) is 11.8 Å². The molecule has 1 aromatic carbocycles. The Labute approximate surface area is 90.9 Å². The van der Waals surface area contributed by atoms with Crippen LogP contribution in [-0.4, -0.2) is 11.7 Å². The Bertz CT molecular complexity index is 372. The SMILES string of the molecule is CC#CCCc1cccc(OCC)c1O. The Balaban J connectivity index is 2.77. The molecule has 80 valence electrons. The van der Waals surface area contributed by atoms with Crippen LogP contribution in [-0.2, 0) is 6.42 Å². The molecule has 1 rings (SSSR count). The Kier molecular flexibility index (Phi) is 4.56. The van der Waals surface area contributed by atoms with Gasteiger partial charge in [0.15, 0.2) is 11.5 Å². The lowest BCUT2D eigenvalue weighted by Gasteiger charge is -2.08. The zero-order valence-corrected chi connectivity index (χ0v) is 9.21. The van der Waals surface area contributed by atoms with Gasteiger partial charge >= 0.3 is 0 Å². The minimum absolute atomic E-state index is 0.247. The summed E-state index contributed by atoms with van der Waals surface area (Å²) in [6.07, 6.45) is 1.52. The van der Waals surface area contributed by atoms with E-state index in [9.17, 15) is 5.11 Å². The maximum absolute atomic E-state index is 9.85. The van der Waals surface area contributed by atoms with Gasteiger partial charge in [-0.05, 0) is 31.9 Å². The first-order chi connectivity index (χ1) is 7.29. The fourth-order valence-electron chi connectivity index (χ4n) is 1.36. The topological polar surface area (TPSA) is 29.5 Å². The van der Waals surface area contributed by atoms with Crippen LogP contribution in [0.3, 0.4) is 0 Å². The van der Waals surface area contributed by atoms with Crippen LogP contribution >= 0.6 is 0 Å². The van der Waals surface area contributed by atoms with Crippen molar-refractivity contribution >= 4 is 0 Å². The highest BCUT2D eigenvalue weighted by Gasteiger charge is 2.06. The van der Waals surface area contributed by atoms with E-state index < -0.39 is 0 Å². The number of aryl methyl sites for hydroxylation is 1. The van der Waals surface area contributed by atoms with Crippen molar-refractivity contribution in [1.82, 2.24) is 0 Å². The second-order valence-electron chi connectivity index (χ2n) is 3.12. The summed E-state index contributed by atoms with van der Waals surface area (Å²) in [5.41, 5.74) is 0.892. The lowest BCUT2D eigenvalue weighted by Crippen LogP contribution is -1.94. The van der Waals surface area contributed by atoms with Crippen LogP contribution < -0.4 is 4.74 Å². The van der Waals surface area contributed by atoms with Crippen LogP contribution in [0.4, 0.5) is 0 Å². The third kappa shape index (κ3) is 3.21. The van der Waals surface area contributed by atoms with Gasteiger partial charge in [0.1, 0.15) is 0 Å². The Morgan fingerprint density at radius 1 is 1.40 bits per heavy atom. The molecular weight excluding hydrogens is 188 g/mol. The van der Waals surface area contributed by atoms with Gasteiger partial charge in [0.05, 0.1) is 6.61 Å². The molecule has 15 heavy (non-hydrogen) atoms. The van der Waals surface area contributed by atoms with Crippen molar-refractivity contribution < 1.29 is 9.84 Å². The van der Waals surface area contributed by atoms with Crippen LogP contribution in [0.15, 0.2) is 18.2 Å². The molecule has 1 N–H and O–H groups in total. The van der Waals surface area contributed by atoms with Crippen LogP contribution in [0.25, 0.3) is 0 Å². The predicted molar refractivity (Wildman–Crippen MR) is 61.0 cm³/mol. The molecule has 0 bridgehead atoms. The zero-order chi connectivity index (χ0) is 11.1. The predicted octanol–water partition coefficient (Wildman–Crippen LogP) is 2.75. The zero-order valence-electron chi connectivity index (χ0n) is 9.21. The van der Waals surface area contributed by atoms with Crippen LogP contribution in [0.5, 0.6) is 11.5 Å². The number of para-hydroxylation sites is 1. The number of rotatable bonds is 4. The van der Waals surface area contributed by atoms with Gasteiger partial charge in [0.2, 0.25) is 0 Å². The van der Waals surface area contributed by atoms with E-state index in [1.807, 2.05) is 26.0 Å². The van der Waals surface area contributed by atoms with Crippen molar-refractivity contribution in [3.05, 3.63) is 23.8 Å². The fourth-order valence-corrected chi connectivity index (χ4v) is 1.36. The lowest BCUT2D eigenvalue weighted by atomic mass is 10.1. The molecule has 0 saturated heterocycles. The first-order valence-electron chi connectivity index (χ1n) is 5.12. The highest BCUT2D eigenvalue weighted by Crippen LogP contribution is 2.30. The second-order valence-corrected chi connectivity index (χ2v) is 3.12. The van der Waals surface area contributed by atoms with Crippen LogP contribution in [0.1, 0.15) is 25.8 Å². The number of aromatic hydroxyl groups is 1. The molecule has 2 heteroatoms. The second kappa shape index (κ2) is 5.98. The van der Waals surface area contributed by atoms with Gasteiger partial charge in [-0.1, -0.05) is 12.1 Å². The Hall–Kier alpha value is -1.62. The molecule has 0 radical (unpaired) electrons. The molecule has 0 spiro atoms. The third-order valence-corrected chi connectivity index (χ3v) is 2.08. The smallest absolute Gasteiger partial charge is 0.161 e. The highest BCUT2D eigenvalue weighted by atomic mass is 16.5. The van der Waals surface area contributed by atoms with E-state index in [0.29, 0.717) is 12.4 Å². The van der Waals surface area contributed by atoms with Crippen LogP contribution in [0.2, 0.25) is 0 Å². The van der Waals surface area contributed by atoms with Gasteiger partial charge in [-0.3, -0.25) is 0 Å². The molecule has 0 aliphatic carbocycles. The number of phenolic OH excluding ortho intramolecular Hbond substituents is 1. The van der Waals surface area contributed by atoms with E-state index in [4.69, 9.17) is 4.74 Å². The number of benzene rings is 1. The van der Waals surface area contributed by atoms with E-state index in [1.165, 1.54) is 0 Å². The summed E-state index contributed by atoms with van der Waals surface area (Å²) in [6.45, 7) is 4.27. The molecule has 0 heterocycles. The molecule has 0 aliphatic rings. The van der Waals surface area contributed by atoms with Crippen molar-refractivity contribution in [2.24, 2.45) is 0 Å². The van der Waals surface area contributed by atoms with Gasteiger partial charge in [0.25, 0.3) is 0 Å². The first-order valence-corrected chi connectivity index (χ1v) is 5.12. The summed E-state index contributed by atoms with van der Waals surface area (Å²) in [7, 11) is 0. The summed E-state index contributed by atoms with van der Waals surface area (Å²) >= 11 is 0. The van der Waals surface area contributed by atoms with Crippen molar-refractivity contribution in [3.8, 4) is 23.3 Å². The Morgan fingerprint density at radius 3 is 2.87 bits per heavy atom. The molecule has 0 aliphatic heterocycles. The normalized spacial score (nSPS) is 9.20. The first kappa shape index (κ1) is 11.5. The average molecular weight is 204 g/mol. The number of ether oxygens (including phenoxy) is 1. The fraction of sp³-hybridized carbons (Fsp3) is 0.385. The minimum Gasteiger partial charge on any atom is -0.504 e. The maximum atomic E-state index is 9.85. The quantitative estimate of drug-likeness (QED) is 0.764. The van der Waals surface area contributed by atoms with Crippen molar-refractivity contribution in [2.45, 2.75) is 26.7 Å². The number of phenols is 1. The van der Waals surface area contributed by atoms with Crippen molar-refractivity contribution in [1.29, 1.82) is 0 Å². The van der Waals surface area contributed by atoms with E-state index in [-0.39, 0.29) is 5.75 Å². The van der Waals surface area contributed by atoms with Gasteiger partial charge in [-0.15, -0.1) is 11.8 Å². The molecule has 0 aromatic heterocycles. The maximum Gasteiger partial charge on any atom is 0.161 e. The molecular formula is C13H16O2. The molecule has 0 amide bonds. The summed E-state index contributed by atoms with van der Waals surface area (Å²) in [5, 5.41) is 9.85. The standard InChI is InChI=1S/C13H16O2/c1-3-5-6-8-11-9-7-10-12(13(11)14)15-4-2/h7,9-10,14H,4,6,8H2,1-2H3. The summed E-state index contributed by atoms with van der Waals surface area (Å²) in [6, 6.07) is 5.56. The Morgan fingerprint density at radius 2 is 2.20 bits per heavy atom. The van der Waals surface area contributed by atoms with E-state index >= 15 is 0 Å². The molecule has 0 fully saturated rings. The minimum atomic E-state index is 0.247. The molecule has 1 aromatic rings. The van der Waals surface area contributed by atoms with Crippen LogP contribution in [0, 0.1) is 11.8 Å². The largest absolute Gasteiger partial charge is 0.504 e. The summed E-state index contributed by atoms with van der Waals surface area (Å²) < 4.78 is 5.30. The van der Waals surface area contributed by atoms with Gasteiger partial charge in [-0.25, -0.2) is 0 Å². The number of hydrogen-bond acceptors (Lipinski definition) is 2. The van der Waals surface area contributed by atoms with Crippen molar-refractivity contribution in [2.75, 3.05) is 6.61 Å². The van der Waals surface area contributed by atoms with E-state index in [0.717, 1.165) is 18.4 Å². The summed E-state index contributed by atoms with van der Waals surface area (Å²) in [4.78, 5) is 0. The summed E-state index contributed by atoms with van der Waals surface area (Å²) in [5.74, 6) is 6.61. The number of hydrogen-bond donors (Lipinski definition) is 1. The monoisotopic (exact) mass is 204 g/mol. The van der Waals surface area contributed by atoms with Gasteiger partial charge < -0.3 is 9.84 Å². The highest BCUT2D eigenvalue weighted by molar-refractivity contribution is 5.45. The average Bonchev–Trinajstić information content (AvgIpc) is 2.24. The molecule has 0 atom stereocenters. The molecule has 0 unspecified atom stereocenters. The van der Waals surface area contributed by atoms with Gasteiger partial charge in [0, 0.05) is 6.42 Å². The molecule has 0 saturated carbocycles. The van der Waals surface area contributed by atoms with E-state index in [1.54, 1.807) is 6.07 Å². The third-order valence-electron chi connectivity index (χ3n) is 2.08. The molecule has 2 nitrogen and oxygen atoms in total.